The molecule has 2 rings (SSSR count). The van der Waals surface area contributed by atoms with Gasteiger partial charge in [-0.05, 0) is 35.6 Å². The van der Waals surface area contributed by atoms with E-state index in [0.717, 1.165) is 30.0 Å². The summed E-state index contributed by atoms with van der Waals surface area (Å²) in [5.74, 6) is 1.93. The molecule has 0 amide bonds. The number of methoxy groups -OCH3 is 2. The number of rotatable bonds is 7. The summed E-state index contributed by atoms with van der Waals surface area (Å²) in [5.41, 5.74) is 7.00. The van der Waals surface area contributed by atoms with Crippen molar-refractivity contribution in [3.63, 3.8) is 0 Å². The van der Waals surface area contributed by atoms with Crippen LogP contribution in [0.2, 0.25) is 0 Å². The summed E-state index contributed by atoms with van der Waals surface area (Å²) in [6, 6.07) is 9.95. The fourth-order valence-corrected chi connectivity index (χ4v) is 2.62. The van der Waals surface area contributed by atoms with Gasteiger partial charge < -0.3 is 20.5 Å². The largest absolute Gasteiger partial charge is 0.493 e. The van der Waals surface area contributed by atoms with Gasteiger partial charge in [-0.3, -0.25) is 0 Å². The highest BCUT2D eigenvalue weighted by Gasteiger charge is 2.04. The van der Waals surface area contributed by atoms with Crippen LogP contribution < -0.4 is 20.5 Å². The first-order valence-electron chi connectivity index (χ1n) is 7.00. The molecule has 0 atom stereocenters. The minimum Gasteiger partial charge on any atom is -0.493 e. The molecule has 0 radical (unpaired) electrons. The number of aliphatic imine (C=N–C) groups is 1. The monoisotopic (exact) mass is 319 g/mol. The third-order valence-electron chi connectivity index (χ3n) is 3.15. The van der Waals surface area contributed by atoms with Crippen molar-refractivity contribution in [1.82, 2.24) is 5.32 Å². The first-order chi connectivity index (χ1) is 10.7. The van der Waals surface area contributed by atoms with E-state index in [0.29, 0.717) is 12.5 Å². The summed E-state index contributed by atoms with van der Waals surface area (Å²) in [6.45, 7) is 1.34. The van der Waals surface area contributed by atoms with Crippen LogP contribution in [0.25, 0.3) is 0 Å². The highest BCUT2D eigenvalue weighted by Crippen LogP contribution is 2.27. The summed E-state index contributed by atoms with van der Waals surface area (Å²) in [5, 5.41) is 5.15. The molecule has 0 aliphatic carbocycles. The van der Waals surface area contributed by atoms with E-state index in [1.54, 1.807) is 25.6 Å². The average molecular weight is 319 g/mol. The van der Waals surface area contributed by atoms with E-state index >= 15 is 0 Å². The van der Waals surface area contributed by atoms with E-state index in [4.69, 9.17) is 15.2 Å². The Bertz CT molecular complexity index is 612. The highest BCUT2D eigenvalue weighted by molar-refractivity contribution is 7.09. The molecule has 0 unspecified atom stereocenters. The molecule has 0 fully saturated rings. The summed E-state index contributed by atoms with van der Waals surface area (Å²) >= 11 is 1.68. The van der Waals surface area contributed by atoms with Gasteiger partial charge in [-0.25, -0.2) is 4.99 Å². The lowest BCUT2D eigenvalue weighted by molar-refractivity contribution is 0.354. The van der Waals surface area contributed by atoms with Crippen LogP contribution in [0.5, 0.6) is 11.5 Å². The van der Waals surface area contributed by atoms with E-state index in [9.17, 15) is 0 Å². The SMILES string of the molecule is COc1ccc(CCNC(N)=NCc2cccs2)cc1OC. The molecule has 0 aliphatic rings. The average Bonchev–Trinajstić information content (AvgIpc) is 3.06. The van der Waals surface area contributed by atoms with E-state index in [1.807, 2.05) is 35.7 Å². The van der Waals surface area contributed by atoms with Gasteiger partial charge >= 0.3 is 0 Å². The molecule has 22 heavy (non-hydrogen) atoms. The Hall–Kier alpha value is -2.21. The summed E-state index contributed by atoms with van der Waals surface area (Å²) < 4.78 is 10.5. The quantitative estimate of drug-likeness (QED) is 0.607. The zero-order valence-electron chi connectivity index (χ0n) is 12.8. The Kier molecular flexibility index (Phi) is 6.09. The number of guanidine groups is 1. The van der Waals surface area contributed by atoms with Gasteiger partial charge in [-0.1, -0.05) is 12.1 Å². The van der Waals surface area contributed by atoms with Crippen LogP contribution in [-0.4, -0.2) is 26.7 Å². The third-order valence-corrected chi connectivity index (χ3v) is 4.01. The normalized spacial score (nSPS) is 11.3. The van der Waals surface area contributed by atoms with Gasteiger partial charge in [0.15, 0.2) is 17.5 Å². The predicted molar refractivity (Wildman–Crippen MR) is 90.9 cm³/mol. The predicted octanol–water partition coefficient (Wildman–Crippen LogP) is 2.41. The van der Waals surface area contributed by atoms with E-state index in [-0.39, 0.29) is 0 Å². The van der Waals surface area contributed by atoms with Crippen LogP contribution in [0.4, 0.5) is 0 Å². The van der Waals surface area contributed by atoms with Crippen LogP contribution in [0.3, 0.4) is 0 Å². The summed E-state index contributed by atoms with van der Waals surface area (Å²) in [7, 11) is 3.26. The van der Waals surface area contributed by atoms with Crippen LogP contribution in [0.1, 0.15) is 10.4 Å². The first kappa shape index (κ1) is 16.2. The van der Waals surface area contributed by atoms with Gasteiger partial charge in [-0.15, -0.1) is 11.3 Å². The molecule has 5 nitrogen and oxygen atoms in total. The maximum Gasteiger partial charge on any atom is 0.188 e. The van der Waals surface area contributed by atoms with E-state index < -0.39 is 0 Å². The minimum absolute atomic E-state index is 0.467. The second-order valence-electron chi connectivity index (χ2n) is 4.65. The topological polar surface area (TPSA) is 68.9 Å². The van der Waals surface area contributed by atoms with Crippen molar-refractivity contribution < 1.29 is 9.47 Å². The molecule has 2 aromatic rings. The molecule has 0 bridgehead atoms. The molecule has 1 aromatic carbocycles. The van der Waals surface area contributed by atoms with Crippen LogP contribution in [-0.2, 0) is 13.0 Å². The zero-order valence-corrected chi connectivity index (χ0v) is 13.7. The molecular weight excluding hydrogens is 298 g/mol. The zero-order chi connectivity index (χ0) is 15.8. The van der Waals surface area contributed by atoms with Crippen molar-refractivity contribution in [1.29, 1.82) is 0 Å². The van der Waals surface area contributed by atoms with Crippen LogP contribution in [0, 0.1) is 0 Å². The highest BCUT2D eigenvalue weighted by atomic mass is 32.1. The second-order valence-corrected chi connectivity index (χ2v) is 5.68. The number of ether oxygens (including phenoxy) is 2. The number of hydrogen-bond acceptors (Lipinski definition) is 4. The van der Waals surface area contributed by atoms with Gasteiger partial charge in [0.2, 0.25) is 0 Å². The molecule has 1 aromatic heterocycles. The Labute approximate surface area is 134 Å². The Morgan fingerprint density at radius 2 is 2.05 bits per heavy atom. The van der Waals surface area contributed by atoms with Crippen molar-refractivity contribution in [2.75, 3.05) is 20.8 Å². The van der Waals surface area contributed by atoms with E-state index in [2.05, 4.69) is 10.3 Å². The molecule has 1 heterocycles. The van der Waals surface area contributed by atoms with Crippen LogP contribution in [0.15, 0.2) is 40.7 Å². The standard InChI is InChI=1S/C16H21N3O2S/c1-20-14-6-5-12(10-15(14)21-2)7-8-18-16(17)19-11-13-4-3-9-22-13/h3-6,9-10H,7-8,11H2,1-2H3,(H3,17,18,19). The second kappa shape index (κ2) is 8.29. The lowest BCUT2D eigenvalue weighted by Gasteiger charge is -2.10. The fourth-order valence-electron chi connectivity index (χ4n) is 1.99. The molecule has 0 spiro atoms. The lowest BCUT2D eigenvalue weighted by atomic mass is 10.1. The number of hydrogen-bond donors (Lipinski definition) is 2. The molecule has 6 heteroatoms. The van der Waals surface area contributed by atoms with Crippen molar-refractivity contribution in [2.45, 2.75) is 13.0 Å². The van der Waals surface area contributed by atoms with Crippen molar-refractivity contribution >= 4 is 17.3 Å². The first-order valence-corrected chi connectivity index (χ1v) is 7.88. The van der Waals surface area contributed by atoms with Gasteiger partial charge in [0.05, 0.1) is 20.8 Å². The Balaban J connectivity index is 1.81. The molecular formula is C16H21N3O2S. The maximum atomic E-state index is 5.85. The Morgan fingerprint density at radius 1 is 1.23 bits per heavy atom. The van der Waals surface area contributed by atoms with Gasteiger partial charge in [0.25, 0.3) is 0 Å². The van der Waals surface area contributed by atoms with Crippen molar-refractivity contribution in [2.24, 2.45) is 10.7 Å². The van der Waals surface area contributed by atoms with Crippen molar-refractivity contribution in [3.8, 4) is 11.5 Å². The third kappa shape index (κ3) is 4.66. The molecule has 0 saturated heterocycles. The van der Waals surface area contributed by atoms with E-state index in [1.165, 1.54) is 4.88 Å². The number of benzene rings is 1. The summed E-state index contributed by atoms with van der Waals surface area (Å²) in [6.07, 6.45) is 0.829. The van der Waals surface area contributed by atoms with Gasteiger partial charge in [0, 0.05) is 11.4 Å². The number of nitrogens with two attached hydrogens (primary N) is 1. The number of thiophene rings is 1. The molecule has 3 N–H and O–H groups in total. The molecule has 118 valence electrons. The van der Waals surface area contributed by atoms with Gasteiger partial charge in [0.1, 0.15) is 0 Å². The van der Waals surface area contributed by atoms with Crippen LogP contribution >= 0.6 is 11.3 Å². The number of nitrogens with one attached hydrogen (secondary N) is 1. The molecule has 0 aliphatic heterocycles. The fraction of sp³-hybridized carbons (Fsp3) is 0.312. The number of nitrogens with zero attached hydrogens (tertiary/aromatic N) is 1. The minimum atomic E-state index is 0.467. The summed E-state index contributed by atoms with van der Waals surface area (Å²) in [4.78, 5) is 5.51. The smallest absolute Gasteiger partial charge is 0.188 e. The van der Waals surface area contributed by atoms with Gasteiger partial charge in [-0.2, -0.15) is 0 Å². The Morgan fingerprint density at radius 3 is 2.73 bits per heavy atom. The van der Waals surface area contributed by atoms with Crippen molar-refractivity contribution in [3.05, 3.63) is 46.2 Å². The lowest BCUT2D eigenvalue weighted by Crippen LogP contribution is -2.33. The molecule has 0 saturated carbocycles. The maximum absolute atomic E-state index is 5.85.